The van der Waals surface area contributed by atoms with Crippen molar-refractivity contribution in [2.75, 3.05) is 0 Å². The van der Waals surface area contributed by atoms with Crippen LogP contribution in [0, 0.1) is 0 Å². The molecule has 0 radical (unpaired) electrons. The zero-order chi connectivity index (χ0) is 9.68. The third kappa shape index (κ3) is 2.75. The lowest BCUT2D eigenvalue weighted by Gasteiger charge is -2.01. The second kappa shape index (κ2) is 4.45. The Morgan fingerprint density at radius 3 is 2.46 bits per heavy atom. The molecule has 0 atom stereocenters. The van der Waals surface area contributed by atoms with Crippen LogP contribution in [0.3, 0.4) is 0 Å². The molecule has 1 amide bonds. The first-order valence-electron chi connectivity index (χ1n) is 4.23. The fourth-order valence-corrected chi connectivity index (χ4v) is 1.15. The highest BCUT2D eigenvalue weighted by Crippen LogP contribution is 2.06. The molecule has 0 spiro atoms. The predicted molar refractivity (Wildman–Crippen MR) is 53.1 cm³/mol. The maximum absolute atomic E-state index is 10.9. The standard InChI is InChI=1S/C11H13NO/c1-2-10(11(12)13)8-9-6-4-3-5-7-9/h2-7H,8H2,1H3,(H2,12,13). The van der Waals surface area contributed by atoms with Gasteiger partial charge in [-0.2, -0.15) is 0 Å². The Morgan fingerprint density at radius 2 is 2.00 bits per heavy atom. The molecule has 1 rings (SSSR count). The molecule has 0 aliphatic carbocycles. The Morgan fingerprint density at radius 1 is 1.38 bits per heavy atom. The van der Waals surface area contributed by atoms with Gasteiger partial charge in [-0.1, -0.05) is 36.4 Å². The van der Waals surface area contributed by atoms with E-state index in [9.17, 15) is 4.79 Å². The van der Waals surface area contributed by atoms with Crippen LogP contribution in [0.15, 0.2) is 42.0 Å². The van der Waals surface area contributed by atoms with E-state index in [0.29, 0.717) is 12.0 Å². The largest absolute Gasteiger partial charge is 0.366 e. The predicted octanol–water partition coefficient (Wildman–Crippen LogP) is 1.66. The van der Waals surface area contributed by atoms with E-state index >= 15 is 0 Å². The third-order valence-electron chi connectivity index (χ3n) is 1.90. The molecule has 13 heavy (non-hydrogen) atoms. The van der Waals surface area contributed by atoms with Crippen LogP contribution >= 0.6 is 0 Å². The molecule has 2 N–H and O–H groups in total. The van der Waals surface area contributed by atoms with Crippen molar-refractivity contribution in [2.45, 2.75) is 13.3 Å². The van der Waals surface area contributed by atoms with E-state index in [-0.39, 0.29) is 5.91 Å². The average Bonchev–Trinajstić information content (AvgIpc) is 2.15. The normalized spacial score (nSPS) is 11.3. The van der Waals surface area contributed by atoms with Crippen LogP contribution in [-0.4, -0.2) is 5.91 Å². The summed E-state index contributed by atoms with van der Waals surface area (Å²) in [4.78, 5) is 10.9. The van der Waals surface area contributed by atoms with E-state index in [0.717, 1.165) is 5.56 Å². The fourth-order valence-electron chi connectivity index (χ4n) is 1.15. The second-order valence-corrected chi connectivity index (χ2v) is 2.84. The van der Waals surface area contributed by atoms with Crippen LogP contribution in [0.1, 0.15) is 12.5 Å². The van der Waals surface area contributed by atoms with E-state index in [1.807, 2.05) is 37.3 Å². The number of amides is 1. The third-order valence-corrected chi connectivity index (χ3v) is 1.90. The topological polar surface area (TPSA) is 43.1 Å². The summed E-state index contributed by atoms with van der Waals surface area (Å²) in [5.74, 6) is -0.341. The summed E-state index contributed by atoms with van der Waals surface area (Å²) < 4.78 is 0. The van der Waals surface area contributed by atoms with Gasteiger partial charge in [0.05, 0.1) is 0 Å². The van der Waals surface area contributed by atoms with Gasteiger partial charge in [0.2, 0.25) is 5.91 Å². The minimum atomic E-state index is -0.341. The van der Waals surface area contributed by atoms with Crippen molar-refractivity contribution in [1.82, 2.24) is 0 Å². The van der Waals surface area contributed by atoms with Crippen molar-refractivity contribution in [1.29, 1.82) is 0 Å². The first-order chi connectivity index (χ1) is 6.24. The summed E-state index contributed by atoms with van der Waals surface area (Å²) in [5.41, 5.74) is 6.95. The number of carbonyl (C=O) groups excluding carboxylic acids is 1. The lowest BCUT2D eigenvalue weighted by Crippen LogP contribution is -2.15. The van der Waals surface area contributed by atoms with Gasteiger partial charge in [-0.25, -0.2) is 0 Å². The molecule has 0 aliphatic rings. The zero-order valence-corrected chi connectivity index (χ0v) is 7.66. The van der Waals surface area contributed by atoms with Crippen LogP contribution in [0.5, 0.6) is 0 Å². The Kier molecular flexibility index (Phi) is 3.26. The number of carbonyl (C=O) groups is 1. The molecule has 0 aromatic heterocycles. The summed E-state index contributed by atoms with van der Waals surface area (Å²) in [7, 11) is 0. The smallest absolute Gasteiger partial charge is 0.244 e. The number of hydrogen-bond donors (Lipinski definition) is 1. The molecule has 1 aromatic carbocycles. The Bertz CT molecular complexity index is 314. The quantitative estimate of drug-likeness (QED) is 0.697. The highest BCUT2D eigenvalue weighted by atomic mass is 16.1. The van der Waals surface area contributed by atoms with E-state index in [2.05, 4.69) is 0 Å². The summed E-state index contributed by atoms with van der Waals surface area (Å²) in [5, 5.41) is 0. The maximum atomic E-state index is 10.9. The number of rotatable bonds is 3. The van der Waals surface area contributed by atoms with Crippen molar-refractivity contribution in [3.05, 3.63) is 47.5 Å². The van der Waals surface area contributed by atoms with Gasteiger partial charge in [-0.15, -0.1) is 0 Å². The Hall–Kier alpha value is -1.57. The van der Waals surface area contributed by atoms with E-state index in [1.54, 1.807) is 6.08 Å². The molecule has 2 nitrogen and oxygen atoms in total. The van der Waals surface area contributed by atoms with Crippen molar-refractivity contribution >= 4 is 5.91 Å². The van der Waals surface area contributed by atoms with Crippen LogP contribution in [0.4, 0.5) is 0 Å². The van der Waals surface area contributed by atoms with Gasteiger partial charge in [-0.3, -0.25) is 4.79 Å². The highest BCUT2D eigenvalue weighted by molar-refractivity contribution is 5.92. The number of hydrogen-bond acceptors (Lipinski definition) is 1. The monoisotopic (exact) mass is 175 g/mol. The van der Waals surface area contributed by atoms with Gasteiger partial charge < -0.3 is 5.73 Å². The Balaban J connectivity index is 2.74. The molecule has 0 saturated heterocycles. The summed E-state index contributed by atoms with van der Waals surface area (Å²) in [6, 6.07) is 9.80. The number of nitrogens with two attached hydrogens (primary N) is 1. The average molecular weight is 175 g/mol. The van der Waals surface area contributed by atoms with Gasteiger partial charge in [0, 0.05) is 12.0 Å². The van der Waals surface area contributed by atoms with Gasteiger partial charge in [0.25, 0.3) is 0 Å². The van der Waals surface area contributed by atoms with Gasteiger partial charge >= 0.3 is 0 Å². The first kappa shape index (κ1) is 9.52. The fraction of sp³-hybridized carbons (Fsp3) is 0.182. The molecule has 68 valence electrons. The molecule has 2 heteroatoms. The van der Waals surface area contributed by atoms with Gasteiger partial charge in [0.1, 0.15) is 0 Å². The van der Waals surface area contributed by atoms with E-state index in [4.69, 9.17) is 5.73 Å². The molecule has 1 aromatic rings. The van der Waals surface area contributed by atoms with Crippen molar-refractivity contribution in [3.63, 3.8) is 0 Å². The molecular weight excluding hydrogens is 162 g/mol. The van der Waals surface area contributed by atoms with Gasteiger partial charge in [0.15, 0.2) is 0 Å². The maximum Gasteiger partial charge on any atom is 0.244 e. The van der Waals surface area contributed by atoms with Crippen LogP contribution in [-0.2, 0) is 11.2 Å². The number of benzene rings is 1. The van der Waals surface area contributed by atoms with Crippen LogP contribution < -0.4 is 5.73 Å². The Labute approximate surface area is 78.1 Å². The molecule has 0 saturated carbocycles. The lowest BCUT2D eigenvalue weighted by molar-refractivity contribution is -0.114. The number of allylic oxidation sites excluding steroid dienone is 1. The van der Waals surface area contributed by atoms with Crippen molar-refractivity contribution < 1.29 is 4.79 Å². The number of primary amides is 1. The zero-order valence-electron chi connectivity index (χ0n) is 7.66. The molecule has 0 bridgehead atoms. The molecular formula is C11H13NO. The second-order valence-electron chi connectivity index (χ2n) is 2.84. The summed E-state index contributed by atoms with van der Waals surface area (Å²) in [6.45, 7) is 1.82. The summed E-state index contributed by atoms with van der Waals surface area (Å²) in [6.07, 6.45) is 2.38. The van der Waals surface area contributed by atoms with Gasteiger partial charge in [-0.05, 0) is 12.5 Å². The SMILES string of the molecule is CC=C(Cc1ccccc1)C(N)=O. The molecule has 0 unspecified atom stereocenters. The molecule has 0 aliphatic heterocycles. The lowest BCUT2D eigenvalue weighted by atomic mass is 10.1. The minimum Gasteiger partial charge on any atom is -0.366 e. The summed E-state index contributed by atoms with van der Waals surface area (Å²) >= 11 is 0. The molecule has 0 fully saturated rings. The molecule has 0 heterocycles. The van der Waals surface area contributed by atoms with E-state index < -0.39 is 0 Å². The minimum absolute atomic E-state index is 0.341. The van der Waals surface area contributed by atoms with Crippen molar-refractivity contribution in [3.8, 4) is 0 Å². The highest BCUT2D eigenvalue weighted by Gasteiger charge is 2.03. The van der Waals surface area contributed by atoms with Crippen LogP contribution in [0.2, 0.25) is 0 Å². The van der Waals surface area contributed by atoms with Crippen molar-refractivity contribution in [2.24, 2.45) is 5.73 Å². The van der Waals surface area contributed by atoms with Crippen LogP contribution in [0.25, 0.3) is 0 Å². The van der Waals surface area contributed by atoms with E-state index in [1.165, 1.54) is 0 Å². The first-order valence-corrected chi connectivity index (χ1v) is 4.23.